The molecule has 0 aliphatic heterocycles. The first kappa shape index (κ1) is 13.1. The predicted molar refractivity (Wildman–Crippen MR) is 59.0 cm³/mol. The number of aliphatic hydroxyl groups is 1. The molecular formula is C12H17F2NO. The van der Waals surface area contributed by atoms with Crippen LogP contribution in [0.1, 0.15) is 19.4 Å². The number of rotatable bonds is 4. The minimum Gasteiger partial charge on any atom is -0.394 e. The van der Waals surface area contributed by atoms with Crippen molar-refractivity contribution < 1.29 is 13.9 Å². The summed E-state index contributed by atoms with van der Waals surface area (Å²) in [5, 5.41) is 9.15. The molecule has 0 saturated carbocycles. The summed E-state index contributed by atoms with van der Waals surface area (Å²) in [6.45, 7) is 3.68. The van der Waals surface area contributed by atoms with Crippen LogP contribution < -0.4 is 0 Å². The van der Waals surface area contributed by atoms with Crippen LogP contribution in [-0.4, -0.2) is 29.2 Å². The number of benzene rings is 1. The van der Waals surface area contributed by atoms with Gasteiger partial charge in [0, 0.05) is 17.6 Å². The summed E-state index contributed by atoms with van der Waals surface area (Å²) < 4.78 is 26.7. The summed E-state index contributed by atoms with van der Waals surface area (Å²) in [7, 11) is 1.72. The second-order valence-corrected chi connectivity index (χ2v) is 4.53. The van der Waals surface area contributed by atoms with Gasteiger partial charge in [-0.2, -0.15) is 0 Å². The van der Waals surface area contributed by atoms with Gasteiger partial charge in [-0.25, -0.2) is 8.78 Å². The number of aliphatic hydroxyl groups excluding tert-OH is 1. The molecule has 16 heavy (non-hydrogen) atoms. The fraction of sp³-hybridized carbons (Fsp3) is 0.500. The Hall–Kier alpha value is -1.00. The monoisotopic (exact) mass is 229 g/mol. The van der Waals surface area contributed by atoms with Crippen molar-refractivity contribution in [2.75, 3.05) is 13.7 Å². The molecule has 0 bridgehead atoms. The van der Waals surface area contributed by atoms with Gasteiger partial charge in [-0.15, -0.1) is 0 Å². The second-order valence-electron chi connectivity index (χ2n) is 4.53. The van der Waals surface area contributed by atoms with Crippen molar-refractivity contribution in [1.29, 1.82) is 0 Å². The minimum atomic E-state index is -0.555. The molecule has 0 amide bonds. The van der Waals surface area contributed by atoms with Gasteiger partial charge < -0.3 is 5.11 Å². The maximum absolute atomic E-state index is 13.4. The fourth-order valence-corrected chi connectivity index (χ4v) is 1.26. The van der Waals surface area contributed by atoms with Crippen molar-refractivity contribution in [3.05, 3.63) is 35.4 Å². The average Bonchev–Trinajstić information content (AvgIpc) is 2.23. The predicted octanol–water partition coefficient (Wildman–Crippen LogP) is 2.17. The zero-order valence-corrected chi connectivity index (χ0v) is 9.80. The van der Waals surface area contributed by atoms with Gasteiger partial charge in [-0.05, 0) is 33.0 Å². The molecular weight excluding hydrogens is 212 g/mol. The van der Waals surface area contributed by atoms with Gasteiger partial charge in [0.1, 0.15) is 11.6 Å². The van der Waals surface area contributed by atoms with Crippen molar-refractivity contribution in [1.82, 2.24) is 4.90 Å². The Labute approximate surface area is 94.5 Å². The van der Waals surface area contributed by atoms with E-state index in [-0.39, 0.29) is 18.7 Å². The zero-order chi connectivity index (χ0) is 12.3. The second kappa shape index (κ2) is 4.89. The van der Waals surface area contributed by atoms with Crippen LogP contribution in [-0.2, 0) is 6.54 Å². The van der Waals surface area contributed by atoms with E-state index in [1.54, 1.807) is 11.9 Å². The van der Waals surface area contributed by atoms with Gasteiger partial charge in [-0.1, -0.05) is 6.07 Å². The highest BCUT2D eigenvalue weighted by Crippen LogP contribution is 2.19. The molecule has 0 fully saturated rings. The smallest absolute Gasteiger partial charge is 0.130 e. The van der Waals surface area contributed by atoms with E-state index in [4.69, 9.17) is 5.11 Å². The van der Waals surface area contributed by atoms with Crippen molar-refractivity contribution in [2.45, 2.75) is 25.9 Å². The Bertz CT molecular complexity index is 346. The third-order valence-electron chi connectivity index (χ3n) is 2.88. The third kappa shape index (κ3) is 2.77. The van der Waals surface area contributed by atoms with Crippen LogP contribution >= 0.6 is 0 Å². The number of likely N-dealkylation sites (N-methyl/N-ethyl adjacent to an activating group) is 1. The van der Waals surface area contributed by atoms with E-state index >= 15 is 0 Å². The van der Waals surface area contributed by atoms with Crippen LogP contribution in [0.25, 0.3) is 0 Å². The van der Waals surface area contributed by atoms with Crippen molar-refractivity contribution in [3.63, 3.8) is 0 Å². The first-order valence-corrected chi connectivity index (χ1v) is 5.13. The molecule has 0 atom stereocenters. The molecule has 1 aromatic carbocycles. The van der Waals surface area contributed by atoms with Crippen molar-refractivity contribution in [3.8, 4) is 0 Å². The summed E-state index contributed by atoms with van der Waals surface area (Å²) in [5.41, 5.74) is -0.471. The Morgan fingerprint density at radius 1 is 1.25 bits per heavy atom. The van der Waals surface area contributed by atoms with Crippen LogP contribution in [0.5, 0.6) is 0 Å². The largest absolute Gasteiger partial charge is 0.394 e. The summed E-state index contributed by atoms with van der Waals surface area (Å²) in [5.74, 6) is -1.11. The molecule has 0 aliphatic carbocycles. The Morgan fingerprint density at radius 2 is 1.75 bits per heavy atom. The van der Waals surface area contributed by atoms with E-state index in [1.807, 2.05) is 13.8 Å². The number of hydrogen-bond donors (Lipinski definition) is 1. The molecule has 4 heteroatoms. The molecule has 2 nitrogen and oxygen atoms in total. The lowest BCUT2D eigenvalue weighted by atomic mass is 10.0. The van der Waals surface area contributed by atoms with Crippen LogP contribution in [0, 0.1) is 11.6 Å². The summed E-state index contributed by atoms with van der Waals surface area (Å²) in [4.78, 5) is 1.72. The molecule has 1 rings (SSSR count). The van der Waals surface area contributed by atoms with E-state index in [0.29, 0.717) is 0 Å². The SMILES string of the molecule is CN(Cc1c(F)cccc1F)C(C)(C)CO. The first-order valence-electron chi connectivity index (χ1n) is 5.13. The number of nitrogens with zero attached hydrogens (tertiary/aromatic N) is 1. The fourth-order valence-electron chi connectivity index (χ4n) is 1.26. The number of halogens is 2. The maximum atomic E-state index is 13.4. The van der Waals surface area contributed by atoms with Gasteiger partial charge >= 0.3 is 0 Å². The summed E-state index contributed by atoms with van der Waals surface area (Å²) in [6, 6.07) is 3.81. The molecule has 0 unspecified atom stereocenters. The molecule has 0 radical (unpaired) electrons. The summed E-state index contributed by atoms with van der Waals surface area (Å²) in [6.07, 6.45) is 0. The lowest BCUT2D eigenvalue weighted by Crippen LogP contribution is -2.43. The average molecular weight is 229 g/mol. The third-order valence-corrected chi connectivity index (χ3v) is 2.88. The van der Waals surface area contributed by atoms with Gasteiger partial charge in [-0.3, -0.25) is 4.90 Å². The van der Waals surface area contributed by atoms with E-state index in [1.165, 1.54) is 18.2 Å². The Balaban J connectivity index is 2.89. The van der Waals surface area contributed by atoms with Gasteiger partial charge in [0.2, 0.25) is 0 Å². The normalized spacial score (nSPS) is 12.2. The molecule has 1 N–H and O–H groups in total. The molecule has 0 aromatic heterocycles. The maximum Gasteiger partial charge on any atom is 0.130 e. The molecule has 90 valence electrons. The van der Waals surface area contributed by atoms with Crippen LogP contribution in [0.4, 0.5) is 8.78 Å². The standard InChI is InChI=1S/C12H17F2NO/c1-12(2,8-16)15(3)7-9-10(13)5-4-6-11(9)14/h4-6,16H,7-8H2,1-3H3. The lowest BCUT2D eigenvalue weighted by Gasteiger charge is -2.34. The Kier molecular flexibility index (Phi) is 3.99. The number of hydrogen-bond acceptors (Lipinski definition) is 2. The van der Waals surface area contributed by atoms with Gasteiger partial charge in [0.15, 0.2) is 0 Å². The Morgan fingerprint density at radius 3 is 2.19 bits per heavy atom. The van der Waals surface area contributed by atoms with Crippen LogP contribution in [0.15, 0.2) is 18.2 Å². The molecule has 0 heterocycles. The highest BCUT2D eigenvalue weighted by molar-refractivity contribution is 5.19. The van der Waals surface area contributed by atoms with Crippen LogP contribution in [0.2, 0.25) is 0 Å². The van der Waals surface area contributed by atoms with Gasteiger partial charge in [0.25, 0.3) is 0 Å². The molecule has 0 aliphatic rings. The topological polar surface area (TPSA) is 23.5 Å². The van der Waals surface area contributed by atoms with E-state index in [0.717, 1.165) is 0 Å². The van der Waals surface area contributed by atoms with E-state index in [2.05, 4.69) is 0 Å². The highest BCUT2D eigenvalue weighted by Gasteiger charge is 2.24. The van der Waals surface area contributed by atoms with Crippen molar-refractivity contribution in [2.24, 2.45) is 0 Å². The van der Waals surface area contributed by atoms with Crippen molar-refractivity contribution >= 4 is 0 Å². The summed E-state index contributed by atoms with van der Waals surface area (Å²) >= 11 is 0. The van der Waals surface area contributed by atoms with E-state index < -0.39 is 17.2 Å². The zero-order valence-electron chi connectivity index (χ0n) is 9.80. The molecule has 0 spiro atoms. The minimum absolute atomic E-state index is 0.0338. The van der Waals surface area contributed by atoms with E-state index in [9.17, 15) is 8.78 Å². The lowest BCUT2D eigenvalue weighted by molar-refractivity contribution is 0.0716. The van der Waals surface area contributed by atoms with Gasteiger partial charge in [0.05, 0.1) is 6.61 Å². The molecule has 1 aromatic rings. The first-order chi connectivity index (χ1) is 7.38. The molecule has 0 saturated heterocycles. The highest BCUT2D eigenvalue weighted by atomic mass is 19.1. The quantitative estimate of drug-likeness (QED) is 0.855. The van der Waals surface area contributed by atoms with Crippen LogP contribution in [0.3, 0.4) is 0 Å².